The average Bonchev–Trinajstić information content (AvgIpc) is 2.60. The largest absolute Gasteiger partial charge is 0.381 e. The molecule has 2 heterocycles. The van der Waals surface area contributed by atoms with Gasteiger partial charge in [0.05, 0.1) is 23.7 Å². The molecule has 26 heavy (non-hydrogen) atoms. The molecule has 0 aliphatic rings. The first kappa shape index (κ1) is 17.9. The first-order valence-corrected chi connectivity index (χ1v) is 8.16. The van der Waals surface area contributed by atoms with Gasteiger partial charge in [-0.05, 0) is 30.0 Å². The molecule has 0 radical (unpaired) electrons. The van der Waals surface area contributed by atoms with Crippen molar-refractivity contribution < 1.29 is 13.2 Å². The zero-order valence-corrected chi connectivity index (χ0v) is 14.0. The van der Waals surface area contributed by atoms with E-state index < -0.39 is 29.2 Å². The van der Waals surface area contributed by atoms with Crippen LogP contribution in [0.5, 0.6) is 0 Å². The smallest absolute Gasteiger partial charge is 0.258 e. The standard InChI is InChI=1S/C18H17F3N4O/c1-2-3-11(19)9-25-5-4-10-6-13(14(20)7-12(10)18(25)26)17-23-8-15(21)16(22)24-17/h4-8,11H,2-3,9H2,1H3,(H2,22,23,24). The van der Waals surface area contributed by atoms with Crippen molar-refractivity contribution in [3.8, 4) is 11.4 Å². The number of fused-ring (bicyclic) bond motifs is 1. The van der Waals surface area contributed by atoms with Crippen LogP contribution in [0.3, 0.4) is 0 Å². The van der Waals surface area contributed by atoms with Crippen molar-refractivity contribution in [3.63, 3.8) is 0 Å². The lowest BCUT2D eigenvalue weighted by Crippen LogP contribution is -2.24. The maximum atomic E-state index is 14.5. The Bertz CT molecular complexity index is 1020. The molecule has 1 unspecified atom stereocenters. The molecule has 0 fully saturated rings. The van der Waals surface area contributed by atoms with Gasteiger partial charge in [0.2, 0.25) is 0 Å². The van der Waals surface area contributed by atoms with Crippen LogP contribution in [-0.4, -0.2) is 20.7 Å². The second-order valence-electron chi connectivity index (χ2n) is 6.01. The van der Waals surface area contributed by atoms with E-state index in [4.69, 9.17) is 5.73 Å². The second kappa shape index (κ2) is 7.15. The summed E-state index contributed by atoms with van der Waals surface area (Å²) < 4.78 is 42.7. The van der Waals surface area contributed by atoms with E-state index in [0.29, 0.717) is 18.2 Å². The third kappa shape index (κ3) is 3.40. The van der Waals surface area contributed by atoms with Crippen LogP contribution in [-0.2, 0) is 6.54 Å². The minimum atomic E-state index is -1.14. The van der Waals surface area contributed by atoms with Crippen LogP contribution >= 0.6 is 0 Å². The molecule has 0 saturated heterocycles. The van der Waals surface area contributed by atoms with Gasteiger partial charge in [-0.2, -0.15) is 0 Å². The van der Waals surface area contributed by atoms with E-state index >= 15 is 0 Å². The van der Waals surface area contributed by atoms with Crippen LogP contribution in [0.1, 0.15) is 19.8 Å². The Labute approximate surface area is 147 Å². The predicted molar refractivity (Wildman–Crippen MR) is 93.4 cm³/mol. The summed E-state index contributed by atoms with van der Waals surface area (Å²) in [5.74, 6) is -2.02. The van der Waals surface area contributed by atoms with Gasteiger partial charge < -0.3 is 10.3 Å². The van der Waals surface area contributed by atoms with Crippen molar-refractivity contribution in [2.75, 3.05) is 5.73 Å². The summed E-state index contributed by atoms with van der Waals surface area (Å²) in [6.07, 6.45) is 2.20. The van der Waals surface area contributed by atoms with Crippen molar-refractivity contribution in [2.45, 2.75) is 32.5 Å². The van der Waals surface area contributed by atoms with Gasteiger partial charge in [0.1, 0.15) is 12.0 Å². The number of hydrogen-bond acceptors (Lipinski definition) is 4. The highest BCUT2D eigenvalue weighted by Crippen LogP contribution is 2.25. The van der Waals surface area contributed by atoms with E-state index in [-0.39, 0.29) is 23.3 Å². The number of anilines is 1. The molecule has 0 aliphatic carbocycles. The molecule has 2 N–H and O–H groups in total. The molecule has 3 aromatic rings. The normalized spacial score (nSPS) is 12.5. The number of alkyl halides is 1. The molecule has 0 aliphatic heterocycles. The Balaban J connectivity index is 2.07. The van der Waals surface area contributed by atoms with Gasteiger partial charge in [-0.25, -0.2) is 23.1 Å². The molecule has 5 nitrogen and oxygen atoms in total. The summed E-state index contributed by atoms with van der Waals surface area (Å²) in [7, 11) is 0. The fourth-order valence-electron chi connectivity index (χ4n) is 2.75. The van der Waals surface area contributed by atoms with Gasteiger partial charge in [0, 0.05) is 6.20 Å². The summed E-state index contributed by atoms with van der Waals surface area (Å²) >= 11 is 0. The Hall–Kier alpha value is -2.90. The van der Waals surface area contributed by atoms with Crippen molar-refractivity contribution >= 4 is 16.6 Å². The zero-order chi connectivity index (χ0) is 18.8. The molecule has 0 saturated carbocycles. The first-order valence-electron chi connectivity index (χ1n) is 8.16. The highest BCUT2D eigenvalue weighted by Gasteiger charge is 2.15. The van der Waals surface area contributed by atoms with Crippen LogP contribution < -0.4 is 11.3 Å². The zero-order valence-electron chi connectivity index (χ0n) is 14.0. The lowest BCUT2D eigenvalue weighted by molar-refractivity contribution is 0.274. The number of nitrogens with two attached hydrogens (primary N) is 1. The lowest BCUT2D eigenvalue weighted by Gasteiger charge is -2.11. The predicted octanol–water partition coefficient (Wildman–Crippen LogP) is 3.46. The molecule has 2 aromatic heterocycles. The van der Waals surface area contributed by atoms with Gasteiger partial charge in [-0.3, -0.25) is 4.79 Å². The number of rotatable bonds is 5. The van der Waals surface area contributed by atoms with Gasteiger partial charge in [0.25, 0.3) is 5.56 Å². The third-order valence-electron chi connectivity index (χ3n) is 4.07. The number of nitrogen functional groups attached to an aromatic ring is 1. The SMILES string of the molecule is CCCC(F)Cn1ccc2cc(-c3ncc(F)c(N)n3)c(F)cc2c1=O. The second-order valence-corrected chi connectivity index (χ2v) is 6.01. The molecule has 1 atom stereocenters. The van der Waals surface area contributed by atoms with Gasteiger partial charge in [-0.15, -0.1) is 0 Å². The topological polar surface area (TPSA) is 73.8 Å². The van der Waals surface area contributed by atoms with E-state index in [1.807, 2.05) is 6.92 Å². The number of nitrogens with zero attached hydrogens (tertiary/aromatic N) is 3. The quantitative estimate of drug-likeness (QED) is 0.754. The van der Waals surface area contributed by atoms with Crippen LogP contribution in [0.15, 0.2) is 35.4 Å². The average molecular weight is 362 g/mol. The number of halogens is 3. The molecule has 0 bridgehead atoms. The molecule has 8 heteroatoms. The third-order valence-corrected chi connectivity index (χ3v) is 4.07. The van der Waals surface area contributed by atoms with Crippen molar-refractivity contribution in [3.05, 3.63) is 52.6 Å². The minimum absolute atomic E-state index is 0.00398. The summed E-state index contributed by atoms with van der Waals surface area (Å²) in [6.45, 7) is 1.78. The Morgan fingerprint density at radius 3 is 2.73 bits per heavy atom. The van der Waals surface area contributed by atoms with Crippen LogP contribution in [0.2, 0.25) is 0 Å². The van der Waals surface area contributed by atoms with Gasteiger partial charge in [0.15, 0.2) is 17.5 Å². The van der Waals surface area contributed by atoms with E-state index in [9.17, 15) is 18.0 Å². The number of aromatic nitrogens is 3. The van der Waals surface area contributed by atoms with Crippen molar-refractivity contribution in [2.24, 2.45) is 0 Å². The fraction of sp³-hybridized carbons (Fsp3) is 0.278. The molecule has 3 rings (SSSR count). The van der Waals surface area contributed by atoms with Crippen molar-refractivity contribution in [1.82, 2.24) is 14.5 Å². The summed E-state index contributed by atoms with van der Waals surface area (Å²) in [5, 5.41) is 0.563. The number of benzene rings is 1. The van der Waals surface area contributed by atoms with Crippen molar-refractivity contribution in [1.29, 1.82) is 0 Å². The fourth-order valence-corrected chi connectivity index (χ4v) is 2.75. The molecular weight excluding hydrogens is 345 g/mol. The molecule has 136 valence electrons. The Morgan fingerprint density at radius 2 is 2.04 bits per heavy atom. The first-order chi connectivity index (χ1) is 12.4. The highest BCUT2D eigenvalue weighted by molar-refractivity contribution is 5.86. The summed E-state index contributed by atoms with van der Waals surface area (Å²) in [6, 6.07) is 4.03. The van der Waals surface area contributed by atoms with Gasteiger partial charge >= 0.3 is 0 Å². The highest BCUT2D eigenvalue weighted by atomic mass is 19.1. The molecule has 0 amide bonds. The maximum Gasteiger partial charge on any atom is 0.258 e. The Morgan fingerprint density at radius 1 is 1.27 bits per heavy atom. The molecule has 1 aromatic carbocycles. The number of hydrogen-bond donors (Lipinski definition) is 1. The summed E-state index contributed by atoms with van der Waals surface area (Å²) in [5.41, 5.74) is 4.91. The van der Waals surface area contributed by atoms with E-state index in [1.165, 1.54) is 16.8 Å². The molecule has 0 spiro atoms. The minimum Gasteiger partial charge on any atom is -0.381 e. The molecular formula is C18H17F3N4O. The van der Waals surface area contributed by atoms with Crippen LogP contribution in [0, 0.1) is 11.6 Å². The van der Waals surface area contributed by atoms with Crippen LogP contribution in [0.4, 0.5) is 19.0 Å². The monoisotopic (exact) mass is 362 g/mol. The lowest BCUT2D eigenvalue weighted by atomic mass is 10.1. The maximum absolute atomic E-state index is 14.5. The summed E-state index contributed by atoms with van der Waals surface area (Å²) in [4.78, 5) is 20.0. The van der Waals surface area contributed by atoms with E-state index in [1.54, 1.807) is 6.07 Å². The Kier molecular flexibility index (Phi) is 4.92. The van der Waals surface area contributed by atoms with Crippen LogP contribution in [0.25, 0.3) is 22.2 Å². The van der Waals surface area contributed by atoms with E-state index in [2.05, 4.69) is 9.97 Å². The number of pyridine rings is 1. The van der Waals surface area contributed by atoms with E-state index in [0.717, 1.165) is 12.3 Å². The van der Waals surface area contributed by atoms with Gasteiger partial charge in [-0.1, -0.05) is 13.3 Å².